The molecule has 6 nitrogen and oxygen atoms in total. The first-order chi connectivity index (χ1) is 14.7. The molecule has 166 valence electrons. The van der Waals surface area contributed by atoms with Gasteiger partial charge in [0, 0.05) is 28.7 Å². The maximum Gasteiger partial charge on any atom is 0.253 e. The van der Waals surface area contributed by atoms with Crippen molar-refractivity contribution in [3.05, 3.63) is 68.7 Å². The molecule has 2 aromatic rings. The Bertz CT molecular complexity index is 933. The molecule has 1 atom stereocenters. The number of halogens is 3. The van der Waals surface area contributed by atoms with Crippen molar-refractivity contribution >= 4 is 52.5 Å². The maximum absolute atomic E-state index is 12.6. The predicted octanol–water partition coefficient (Wildman–Crippen LogP) is 4.34. The lowest BCUT2D eigenvalue weighted by Crippen LogP contribution is -2.48. The van der Waals surface area contributed by atoms with Crippen LogP contribution in [-0.4, -0.2) is 36.9 Å². The highest BCUT2D eigenvalue weighted by molar-refractivity contribution is 6.36. The second-order valence-electron chi connectivity index (χ2n) is 7.33. The minimum absolute atomic E-state index is 0.168. The van der Waals surface area contributed by atoms with Crippen LogP contribution in [0.4, 0.5) is 0 Å². The van der Waals surface area contributed by atoms with E-state index in [1.807, 2.05) is 13.8 Å². The van der Waals surface area contributed by atoms with Crippen LogP contribution in [0.5, 0.6) is 0 Å². The quantitative estimate of drug-likeness (QED) is 0.463. The molecule has 0 saturated heterocycles. The molecule has 0 bridgehead atoms. The summed E-state index contributed by atoms with van der Waals surface area (Å²) in [6.07, 6.45) is 0.444. The standard InChI is InChI=1S/C22H24Cl3N3O3/c1-13(2)11-19(28-21(30)17-8-7-16(24)12-18(17)25)22(31)27-10-9-26-20(29)14-3-5-15(23)6-4-14/h3-8,12-13,19H,9-11H2,1-2H3,(H,26,29)(H,27,31)(H,28,30). The van der Waals surface area contributed by atoms with E-state index in [-0.39, 0.29) is 41.4 Å². The van der Waals surface area contributed by atoms with Crippen molar-refractivity contribution < 1.29 is 14.4 Å². The average Bonchev–Trinajstić information content (AvgIpc) is 2.70. The van der Waals surface area contributed by atoms with E-state index in [1.54, 1.807) is 30.3 Å². The minimum atomic E-state index is -0.744. The molecule has 0 aliphatic heterocycles. The van der Waals surface area contributed by atoms with Gasteiger partial charge in [0.05, 0.1) is 10.6 Å². The Morgan fingerprint density at radius 1 is 0.839 bits per heavy atom. The monoisotopic (exact) mass is 483 g/mol. The smallest absolute Gasteiger partial charge is 0.253 e. The van der Waals surface area contributed by atoms with Crippen LogP contribution >= 0.6 is 34.8 Å². The second-order valence-corrected chi connectivity index (χ2v) is 8.61. The largest absolute Gasteiger partial charge is 0.353 e. The molecular formula is C22H24Cl3N3O3. The van der Waals surface area contributed by atoms with Gasteiger partial charge in [-0.2, -0.15) is 0 Å². The number of benzene rings is 2. The molecule has 2 aromatic carbocycles. The van der Waals surface area contributed by atoms with Crippen molar-refractivity contribution in [1.82, 2.24) is 16.0 Å². The SMILES string of the molecule is CC(C)CC(NC(=O)c1ccc(Cl)cc1Cl)C(=O)NCCNC(=O)c1ccc(Cl)cc1. The number of carbonyl (C=O) groups excluding carboxylic acids is 3. The zero-order valence-corrected chi connectivity index (χ0v) is 19.4. The molecule has 9 heteroatoms. The molecule has 2 rings (SSSR count). The summed E-state index contributed by atoms with van der Waals surface area (Å²) in [6.45, 7) is 4.35. The molecule has 31 heavy (non-hydrogen) atoms. The van der Waals surface area contributed by atoms with E-state index in [0.717, 1.165) is 0 Å². The summed E-state index contributed by atoms with van der Waals surface area (Å²) < 4.78 is 0. The highest BCUT2D eigenvalue weighted by atomic mass is 35.5. The fraction of sp³-hybridized carbons (Fsp3) is 0.318. The van der Waals surface area contributed by atoms with Crippen LogP contribution in [0.25, 0.3) is 0 Å². The van der Waals surface area contributed by atoms with Crippen molar-refractivity contribution in [3.63, 3.8) is 0 Å². The third-order valence-corrected chi connectivity index (χ3v) is 5.12. The number of rotatable bonds is 9. The van der Waals surface area contributed by atoms with Gasteiger partial charge in [-0.1, -0.05) is 48.7 Å². The molecule has 3 amide bonds. The first-order valence-corrected chi connectivity index (χ1v) is 10.9. The van der Waals surface area contributed by atoms with E-state index in [2.05, 4.69) is 16.0 Å². The second kappa shape index (κ2) is 11.9. The Balaban J connectivity index is 1.89. The molecule has 0 aromatic heterocycles. The molecule has 0 aliphatic rings. The molecule has 1 unspecified atom stereocenters. The molecule has 0 heterocycles. The lowest BCUT2D eigenvalue weighted by atomic mass is 10.0. The van der Waals surface area contributed by atoms with E-state index >= 15 is 0 Å². The Hall–Kier alpha value is -2.28. The summed E-state index contributed by atoms with van der Waals surface area (Å²) >= 11 is 17.8. The van der Waals surface area contributed by atoms with E-state index in [4.69, 9.17) is 34.8 Å². The lowest BCUT2D eigenvalue weighted by molar-refractivity contribution is -0.123. The van der Waals surface area contributed by atoms with Crippen molar-refractivity contribution in [2.45, 2.75) is 26.3 Å². The average molecular weight is 485 g/mol. The topological polar surface area (TPSA) is 87.3 Å². The Morgan fingerprint density at radius 2 is 1.45 bits per heavy atom. The lowest BCUT2D eigenvalue weighted by Gasteiger charge is -2.20. The van der Waals surface area contributed by atoms with E-state index in [0.29, 0.717) is 22.0 Å². The van der Waals surface area contributed by atoms with Gasteiger partial charge in [-0.3, -0.25) is 14.4 Å². The van der Waals surface area contributed by atoms with Gasteiger partial charge in [0.15, 0.2) is 0 Å². The third kappa shape index (κ3) is 8.05. The van der Waals surface area contributed by atoms with Crippen LogP contribution in [0.3, 0.4) is 0 Å². The maximum atomic E-state index is 12.6. The van der Waals surface area contributed by atoms with Gasteiger partial charge >= 0.3 is 0 Å². The van der Waals surface area contributed by atoms with E-state index < -0.39 is 11.9 Å². The van der Waals surface area contributed by atoms with Crippen LogP contribution in [-0.2, 0) is 4.79 Å². The van der Waals surface area contributed by atoms with Crippen LogP contribution in [0.15, 0.2) is 42.5 Å². The zero-order valence-electron chi connectivity index (χ0n) is 17.2. The number of amides is 3. The van der Waals surface area contributed by atoms with Gasteiger partial charge in [0.25, 0.3) is 11.8 Å². The number of hydrogen-bond acceptors (Lipinski definition) is 3. The summed E-state index contributed by atoms with van der Waals surface area (Å²) in [6, 6.07) is 10.3. The predicted molar refractivity (Wildman–Crippen MR) is 124 cm³/mol. The summed E-state index contributed by atoms with van der Waals surface area (Å²) in [7, 11) is 0. The van der Waals surface area contributed by atoms with Gasteiger partial charge in [0.1, 0.15) is 6.04 Å². The van der Waals surface area contributed by atoms with Crippen LogP contribution in [0, 0.1) is 5.92 Å². The minimum Gasteiger partial charge on any atom is -0.353 e. The molecule has 3 N–H and O–H groups in total. The Kier molecular flexibility index (Phi) is 9.62. The number of hydrogen-bond donors (Lipinski definition) is 3. The van der Waals surface area contributed by atoms with Crippen LogP contribution < -0.4 is 16.0 Å². The summed E-state index contributed by atoms with van der Waals surface area (Å²) in [5.41, 5.74) is 0.711. The fourth-order valence-corrected chi connectivity index (χ4v) is 3.42. The van der Waals surface area contributed by atoms with Gasteiger partial charge in [-0.15, -0.1) is 0 Å². The zero-order chi connectivity index (χ0) is 23.0. The summed E-state index contributed by atoms with van der Waals surface area (Å²) in [5, 5.41) is 9.35. The molecule has 0 fully saturated rings. The molecular weight excluding hydrogens is 461 g/mol. The highest BCUT2D eigenvalue weighted by Crippen LogP contribution is 2.21. The number of carbonyl (C=O) groups is 3. The highest BCUT2D eigenvalue weighted by Gasteiger charge is 2.23. The van der Waals surface area contributed by atoms with Crippen molar-refractivity contribution in [3.8, 4) is 0 Å². The normalized spacial score (nSPS) is 11.7. The Labute approximate surface area is 196 Å². The van der Waals surface area contributed by atoms with Crippen LogP contribution in [0.2, 0.25) is 15.1 Å². The fourth-order valence-electron chi connectivity index (χ4n) is 2.80. The van der Waals surface area contributed by atoms with E-state index in [9.17, 15) is 14.4 Å². The van der Waals surface area contributed by atoms with E-state index in [1.165, 1.54) is 12.1 Å². The first-order valence-electron chi connectivity index (χ1n) is 9.74. The summed E-state index contributed by atoms with van der Waals surface area (Å²) in [4.78, 5) is 37.3. The third-order valence-electron chi connectivity index (χ3n) is 4.32. The van der Waals surface area contributed by atoms with Gasteiger partial charge in [0.2, 0.25) is 5.91 Å². The van der Waals surface area contributed by atoms with Crippen molar-refractivity contribution in [2.24, 2.45) is 5.92 Å². The molecule has 0 saturated carbocycles. The molecule has 0 spiro atoms. The van der Waals surface area contributed by atoms with Gasteiger partial charge in [-0.25, -0.2) is 0 Å². The molecule has 0 radical (unpaired) electrons. The number of nitrogens with one attached hydrogen (secondary N) is 3. The Morgan fingerprint density at radius 3 is 2.06 bits per heavy atom. The molecule has 0 aliphatic carbocycles. The van der Waals surface area contributed by atoms with Gasteiger partial charge < -0.3 is 16.0 Å². The van der Waals surface area contributed by atoms with Crippen molar-refractivity contribution in [1.29, 1.82) is 0 Å². The van der Waals surface area contributed by atoms with Crippen molar-refractivity contribution in [2.75, 3.05) is 13.1 Å². The van der Waals surface area contributed by atoms with Gasteiger partial charge in [-0.05, 0) is 54.8 Å². The first kappa shape index (κ1) is 25.0. The summed E-state index contributed by atoms with van der Waals surface area (Å²) in [5.74, 6) is -0.900. The van der Waals surface area contributed by atoms with Crippen LogP contribution in [0.1, 0.15) is 41.0 Å².